The lowest BCUT2D eigenvalue weighted by atomic mass is 9.52. The molecule has 7 heteroatoms. The number of nitrogens with zero attached hydrogens (tertiary/aromatic N) is 2. The van der Waals surface area contributed by atoms with Gasteiger partial charge in [-0.05, 0) is 88.2 Å². The van der Waals surface area contributed by atoms with Crippen LogP contribution in [-0.4, -0.2) is 66.7 Å². The maximum atomic E-state index is 13.3. The number of urea groups is 1. The molecule has 1 aromatic rings. The van der Waals surface area contributed by atoms with E-state index in [-0.39, 0.29) is 12.0 Å². The molecule has 0 unspecified atom stereocenters. The van der Waals surface area contributed by atoms with Crippen molar-refractivity contribution in [1.29, 1.82) is 0 Å². The van der Waals surface area contributed by atoms with Gasteiger partial charge in [0.25, 0.3) is 0 Å². The van der Waals surface area contributed by atoms with Crippen LogP contribution in [0.4, 0.5) is 4.79 Å². The van der Waals surface area contributed by atoms with Gasteiger partial charge in [-0.3, -0.25) is 9.80 Å². The van der Waals surface area contributed by atoms with Gasteiger partial charge in [0, 0.05) is 44.0 Å². The Hall–Kier alpha value is -2.38. The average Bonchev–Trinajstić information content (AvgIpc) is 2.85. The molecule has 1 atom stereocenters. The Morgan fingerprint density at radius 1 is 1.03 bits per heavy atom. The first-order valence-electron chi connectivity index (χ1n) is 14.4. The molecule has 7 nitrogen and oxygen atoms in total. The summed E-state index contributed by atoms with van der Waals surface area (Å²) in [6.45, 7) is 10.8. The van der Waals surface area contributed by atoms with E-state index < -0.39 is 6.04 Å². The summed E-state index contributed by atoms with van der Waals surface area (Å²) < 4.78 is 5.50. The lowest BCUT2D eigenvalue weighted by molar-refractivity contribution is -0.139. The van der Waals surface area contributed by atoms with E-state index in [4.69, 9.17) is 4.74 Å². The van der Waals surface area contributed by atoms with E-state index in [0.29, 0.717) is 30.0 Å². The van der Waals surface area contributed by atoms with Crippen LogP contribution in [0.15, 0.2) is 29.5 Å². The normalized spacial score (nSPS) is 33.9. The number of hydrogen-bond donors (Lipinski definition) is 2. The van der Waals surface area contributed by atoms with Gasteiger partial charge < -0.3 is 15.4 Å². The Labute approximate surface area is 221 Å². The van der Waals surface area contributed by atoms with Gasteiger partial charge in [0.15, 0.2) is 0 Å². The summed E-state index contributed by atoms with van der Waals surface area (Å²) in [5, 5.41) is 5.98. The van der Waals surface area contributed by atoms with Gasteiger partial charge in [-0.25, -0.2) is 9.59 Å². The summed E-state index contributed by atoms with van der Waals surface area (Å²) in [5.41, 5.74) is 4.73. The highest BCUT2D eigenvalue weighted by Gasteiger charge is 2.53. The molecular weight excluding hydrogens is 464 g/mol. The lowest BCUT2D eigenvalue weighted by Crippen LogP contribution is -2.64. The standard InChI is InChI=1S/C30H42N4O3/c1-4-37-28(35)26-25(31-29(36)32-27(26)24-11-19(2)5-6-20(24)3)18-33-7-9-34(10-8-33)30-15-21-12-22(16-30)14-23(13-21)17-30/h5-6,11,21-23,27H,4,7-10,12-18H2,1-3H3,(H2,31,32,36)/t21?,22?,23?,27-,30?/m1/s1. The van der Waals surface area contributed by atoms with Crippen molar-refractivity contribution in [2.75, 3.05) is 39.3 Å². The van der Waals surface area contributed by atoms with Crippen LogP contribution < -0.4 is 10.6 Å². The molecule has 0 aromatic heterocycles. The predicted molar refractivity (Wildman–Crippen MR) is 143 cm³/mol. The molecule has 2 heterocycles. The number of amides is 2. The third-order valence-corrected chi connectivity index (χ3v) is 9.83. The quantitative estimate of drug-likeness (QED) is 0.570. The zero-order valence-electron chi connectivity index (χ0n) is 22.6. The van der Waals surface area contributed by atoms with Crippen LogP contribution in [0, 0.1) is 31.6 Å². The second-order valence-electron chi connectivity index (χ2n) is 12.4. The second-order valence-corrected chi connectivity index (χ2v) is 12.4. The van der Waals surface area contributed by atoms with Gasteiger partial charge in [-0.2, -0.15) is 0 Å². The summed E-state index contributed by atoms with van der Waals surface area (Å²) in [6, 6.07) is 5.38. The van der Waals surface area contributed by atoms with Gasteiger partial charge in [0.05, 0.1) is 18.2 Å². The van der Waals surface area contributed by atoms with Crippen LogP contribution in [-0.2, 0) is 9.53 Å². The van der Waals surface area contributed by atoms with Crippen molar-refractivity contribution in [3.63, 3.8) is 0 Å². The van der Waals surface area contributed by atoms with Gasteiger partial charge in [-0.1, -0.05) is 23.8 Å². The SMILES string of the molecule is CCOC(=O)C1=C(CN2CCN(C34CC5CC(CC(C5)C3)C4)CC2)NC(=O)N[C@@H]1c1cc(C)ccc1C. The molecule has 200 valence electrons. The highest BCUT2D eigenvalue weighted by molar-refractivity contribution is 5.95. The van der Waals surface area contributed by atoms with Gasteiger partial charge in [0.2, 0.25) is 0 Å². The maximum Gasteiger partial charge on any atom is 0.338 e. The van der Waals surface area contributed by atoms with Crippen molar-refractivity contribution in [3.8, 4) is 0 Å². The first kappa shape index (κ1) is 24.9. The molecule has 1 saturated heterocycles. The molecular formula is C30H42N4O3. The number of benzene rings is 1. The number of nitrogens with one attached hydrogen (secondary N) is 2. The van der Waals surface area contributed by atoms with Gasteiger partial charge in [0.1, 0.15) is 0 Å². The van der Waals surface area contributed by atoms with Crippen molar-refractivity contribution in [2.45, 2.75) is 70.9 Å². The van der Waals surface area contributed by atoms with Crippen LogP contribution in [0.3, 0.4) is 0 Å². The fraction of sp³-hybridized carbons (Fsp3) is 0.667. The Bertz CT molecular complexity index is 1070. The first-order chi connectivity index (χ1) is 17.8. The van der Waals surface area contributed by atoms with E-state index in [1.54, 1.807) is 0 Å². The van der Waals surface area contributed by atoms with Gasteiger partial charge in [-0.15, -0.1) is 0 Å². The molecule has 4 bridgehead atoms. The number of rotatable bonds is 6. The number of carbonyl (C=O) groups is 2. The molecule has 4 saturated carbocycles. The van der Waals surface area contributed by atoms with Crippen molar-refractivity contribution >= 4 is 12.0 Å². The minimum atomic E-state index is -0.518. The fourth-order valence-corrected chi connectivity index (χ4v) is 8.55. The Morgan fingerprint density at radius 2 is 1.68 bits per heavy atom. The van der Waals surface area contributed by atoms with Crippen LogP contribution >= 0.6 is 0 Å². The Balaban J connectivity index is 1.21. The molecule has 0 radical (unpaired) electrons. The highest BCUT2D eigenvalue weighted by atomic mass is 16.5. The number of piperazine rings is 1. The Kier molecular flexibility index (Phi) is 6.56. The van der Waals surface area contributed by atoms with E-state index in [1.807, 2.05) is 26.8 Å². The summed E-state index contributed by atoms with van der Waals surface area (Å²) in [7, 11) is 0. The molecule has 2 N–H and O–H groups in total. The van der Waals surface area contributed by atoms with Crippen molar-refractivity contribution in [2.24, 2.45) is 17.8 Å². The monoisotopic (exact) mass is 506 g/mol. The smallest absolute Gasteiger partial charge is 0.338 e. The van der Waals surface area contributed by atoms with E-state index >= 15 is 0 Å². The molecule has 2 amide bonds. The predicted octanol–water partition coefficient (Wildman–Crippen LogP) is 4.06. The van der Waals surface area contributed by atoms with Crippen LogP contribution in [0.25, 0.3) is 0 Å². The van der Waals surface area contributed by atoms with Crippen LogP contribution in [0.1, 0.15) is 68.2 Å². The van der Waals surface area contributed by atoms with E-state index in [1.165, 1.54) is 38.5 Å². The minimum Gasteiger partial charge on any atom is -0.463 e. The number of aryl methyl sites for hydroxylation is 2. The van der Waals surface area contributed by atoms with Crippen molar-refractivity contribution < 1.29 is 14.3 Å². The molecule has 1 aromatic carbocycles. The fourth-order valence-electron chi connectivity index (χ4n) is 8.55. The molecule has 2 aliphatic heterocycles. The zero-order chi connectivity index (χ0) is 25.7. The van der Waals surface area contributed by atoms with E-state index in [2.05, 4.69) is 32.6 Å². The number of hydrogen-bond acceptors (Lipinski definition) is 5. The topological polar surface area (TPSA) is 73.9 Å². The molecule has 7 rings (SSSR count). The zero-order valence-corrected chi connectivity index (χ0v) is 22.6. The maximum absolute atomic E-state index is 13.3. The molecule has 4 aliphatic carbocycles. The molecule has 6 aliphatic rings. The summed E-state index contributed by atoms with van der Waals surface area (Å²) in [5.74, 6) is 2.50. The van der Waals surface area contributed by atoms with Crippen molar-refractivity contribution in [1.82, 2.24) is 20.4 Å². The van der Waals surface area contributed by atoms with E-state index in [9.17, 15) is 9.59 Å². The third kappa shape index (κ3) is 4.69. The summed E-state index contributed by atoms with van der Waals surface area (Å²) in [6.07, 6.45) is 8.61. The second kappa shape index (κ2) is 9.73. The number of carbonyl (C=O) groups excluding carboxylic acids is 2. The molecule has 0 spiro atoms. The molecule has 37 heavy (non-hydrogen) atoms. The minimum absolute atomic E-state index is 0.263. The number of esters is 1. The lowest BCUT2D eigenvalue weighted by Gasteiger charge is -2.61. The van der Waals surface area contributed by atoms with Gasteiger partial charge >= 0.3 is 12.0 Å². The average molecular weight is 507 g/mol. The Morgan fingerprint density at radius 3 is 2.30 bits per heavy atom. The van der Waals surface area contributed by atoms with Crippen LogP contribution in [0.5, 0.6) is 0 Å². The third-order valence-electron chi connectivity index (χ3n) is 9.83. The molecule has 5 fully saturated rings. The van der Waals surface area contributed by atoms with Crippen molar-refractivity contribution in [3.05, 3.63) is 46.2 Å². The largest absolute Gasteiger partial charge is 0.463 e. The number of ether oxygens (including phenoxy) is 1. The summed E-state index contributed by atoms with van der Waals surface area (Å²) >= 11 is 0. The summed E-state index contributed by atoms with van der Waals surface area (Å²) in [4.78, 5) is 31.3. The van der Waals surface area contributed by atoms with E-state index in [0.717, 1.165) is 60.6 Å². The first-order valence-corrected chi connectivity index (χ1v) is 14.4. The van der Waals surface area contributed by atoms with Crippen LogP contribution in [0.2, 0.25) is 0 Å². The highest BCUT2D eigenvalue weighted by Crippen LogP contribution is 2.57.